The van der Waals surface area contributed by atoms with E-state index in [1.165, 1.54) is 0 Å². The van der Waals surface area contributed by atoms with E-state index in [1.807, 2.05) is 72.8 Å². The molecule has 3 aromatic rings. The zero-order valence-electron chi connectivity index (χ0n) is 12.6. The van der Waals surface area contributed by atoms with E-state index in [4.69, 9.17) is 0 Å². The van der Waals surface area contributed by atoms with E-state index >= 15 is 0 Å². The van der Waals surface area contributed by atoms with Crippen molar-refractivity contribution in [2.24, 2.45) is 0 Å². The SMILES string of the molecule is O=C1/C(=C/c2ccccc2)[C@H](c2ccccc2)c2ccccc21. The van der Waals surface area contributed by atoms with Crippen LogP contribution in [-0.2, 0) is 0 Å². The number of Topliss-reactive ketones (excluding diaryl/α,β-unsaturated/α-hetero) is 1. The summed E-state index contributed by atoms with van der Waals surface area (Å²) in [5.41, 5.74) is 5.00. The molecule has 0 heterocycles. The number of carbonyl (C=O) groups excluding carboxylic acids is 1. The van der Waals surface area contributed by atoms with Gasteiger partial charge in [0, 0.05) is 17.1 Å². The number of ketones is 1. The standard InChI is InChI=1S/C22H16O/c23-22-19-14-8-7-13-18(19)21(17-11-5-2-6-12-17)20(22)15-16-9-3-1-4-10-16/h1-15,21H/b20-15+/t21-/m1/s1. The van der Waals surface area contributed by atoms with Crippen molar-refractivity contribution in [3.63, 3.8) is 0 Å². The molecular weight excluding hydrogens is 280 g/mol. The Labute approximate surface area is 135 Å². The van der Waals surface area contributed by atoms with Crippen molar-refractivity contribution in [1.82, 2.24) is 0 Å². The molecule has 0 unspecified atom stereocenters. The molecular formula is C22H16O. The van der Waals surface area contributed by atoms with Crippen molar-refractivity contribution >= 4 is 11.9 Å². The number of hydrogen-bond donors (Lipinski definition) is 0. The van der Waals surface area contributed by atoms with Gasteiger partial charge >= 0.3 is 0 Å². The Balaban J connectivity index is 1.91. The Morgan fingerprint density at radius 2 is 1.30 bits per heavy atom. The summed E-state index contributed by atoms with van der Waals surface area (Å²) in [7, 11) is 0. The third kappa shape index (κ3) is 2.40. The second-order valence-corrected chi connectivity index (χ2v) is 5.77. The third-order valence-corrected chi connectivity index (χ3v) is 4.34. The average Bonchev–Trinajstić information content (AvgIpc) is 2.89. The van der Waals surface area contributed by atoms with Gasteiger partial charge in [0.25, 0.3) is 0 Å². The maximum absolute atomic E-state index is 12.9. The molecule has 0 bridgehead atoms. The van der Waals surface area contributed by atoms with Gasteiger partial charge in [0.15, 0.2) is 5.78 Å². The first kappa shape index (κ1) is 13.7. The van der Waals surface area contributed by atoms with Crippen LogP contribution < -0.4 is 0 Å². The highest BCUT2D eigenvalue weighted by molar-refractivity contribution is 6.17. The van der Waals surface area contributed by atoms with Crippen LogP contribution in [0.25, 0.3) is 6.08 Å². The molecule has 3 aromatic carbocycles. The van der Waals surface area contributed by atoms with Crippen molar-refractivity contribution in [1.29, 1.82) is 0 Å². The van der Waals surface area contributed by atoms with E-state index < -0.39 is 0 Å². The van der Waals surface area contributed by atoms with E-state index in [-0.39, 0.29) is 11.7 Å². The lowest BCUT2D eigenvalue weighted by molar-refractivity contribution is 0.103. The topological polar surface area (TPSA) is 17.1 Å². The van der Waals surface area contributed by atoms with E-state index in [0.717, 1.165) is 27.8 Å². The molecule has 1 heteroatoms. The fourth-order valence-electron chi connectivity index (χ4n) is 3.29. The Morgan fingerprint density at radius 3 is 2.04 bits per heavy atom. The number of allylic oxidation sites excluding steroid dienone is 1. The van der Waals surface area contributed by atoms with Gasteiger partial charge in [-0.1, -0.05) is 84.9 Å². The largest absolute Gasteiger partial charge is 0.289 e. The third-order valence-electron chi connectivity index (χ3n) is 4.34. The van der Waals surface area contributed by atoms with Crippen LogP contribution in [-0.4, -0.2) is 5.78 Å². The molecule has 0 amide bonds. The Kier molecular flexibility index (Phi) is 3.39. The van der Waals surface area contributed by atoms with Crippen molar-refractivity contribution < 1.29 is 4.79 Å². The summed E-state index contributed by atoms with van der Waals surface area (Å²) in [6, 6.07) is 28.2. The highest BCUT2D eigenvalue weighted by Crippen LogP contribution is 2.42. The summed E-state index contributed by atoms with van der Waals surface area (Å²) in [4.78, 5) is 12.9. The molecule has 1 aliphatic rings. The summed E-state index contributed by atoms with van der Waals surface area (Å²) in [5, 5.41) is 0. The molecule has 0 fully saturated rings. The maximum Gasteiger partial charge on any atom is 0.190 e. The van der Waals surface area contributed by atoms with Crippen LogP contribution in [0.2, 0.25) is 0 Å². The molecule has 1 atom stereocenters. The minimum Gasteiger partial charge on any atom is -0.289 e. The lowest BCUT2D eigenvalue weighted by atomic mass is 9.89. The van der Waals surface area contributed by atoms with Crippen molar-refractivity contribution in [3.05, 3.63) is 113 Å². The van der Waals surface area contributed by atoms with Gasteiger partial charge < -0.3 is 0 Å². The highest BCUT2D eigenvalue weighted by atomic mass is 16.1. The molecule has 0 N–H and O–H groups in total. The van der Waals surface area contributed by atoms with E-state index in [0.29, 0.717) is 0 Å². The fraction of sp³-hybridized carbons (Fsp3) is 0.0455. The van der Waals surface area contributed by atoms with Crippen LogP contribution in [0.1, 0.15) is 33.0 Å². The Bertz CT molecular complexity index is 876. The first-order valence-corrected chi connectivity index (χ1v) is 7.80. The molecule has 0 aromatic heterocycles. The minimum atomic E-state index is 0.0140. The second kappa shape index (κ2) is 5.69. The first-order valence-electron chi connectivity index (χ1n) is 7.80. The summed E-state index contributed by atoms with van der Waals surface area (Å²) < 4.78 is 0. The maximum atomic E-state index is 12.9. The van der Waals surface area contributed by atoms with Crippen LogP contribution in [0.4, 0.5) is 0 Å². The smallest absolute Gasteiger partial charge is 0.190 e. The predicted octanol–water partition coefficient (Wildman–Crippen LogP) is 5.10. The van der Waals surface area contributed by atoms with Gasteiger partial charge in [-0.25, -0.2) is 0 Å². The number of fused-ring (bicyclic) bond motifs is 1. The molecule has 23 heavy (non-hydrogen) atoms. The molecule has 0 saturated carbocycles. The van der Waals surface area contributed by atoms with Gasteiger partial charge in [0.05, 0.1) is 0 Å². The van der Waals surface area contributed by atoms with Crippen molar-refractivity contribution in [2.45, 2.75) is 5.92 Å². The molecule has 1 aliphatic carbocycles. The summed E-state index contributed by atoms with van der Waals surface area (Å²) in [5.74, 6) is 0.151. The Hall–Kier alpha value is -2.93. The van der Waals surface area contributed by atoms with Crippen molar-refractivity contribution in [3.8, 4) is 0 Å². The number of hydrogen-bond acceptors (Lipinski definition) is 1. The van der Waals surface area contributed by atoms with Gasteiger partial charge in [0.1, 0.15) is 0 Å². The normalized spacial score (nSPS) is 18.2. The van der Waals surface area contributed by atoms with Crippen LogP contribution in [0.3, 0.4) is 0 Å². The zero-order chi connectivity index (χ0) is 15.6. The summed E-state index contributed by atoms with van der Waals surface area (Å²) in [6.45, 7) is 0. The van der Waals surface area contributed by atoms with E-state index in [9.17, 15) is 4.79 Å². The quantitative estimate of drug-likeness (QED) is 0.601. The second-order valence-electron chi connectivity index (χ2n) is 5.77. The molecule has 4 rings (SSSR count). The van der Waals surface area contributed by atoms with E-state index in [2.05, 4.69) is 18.2 Å². The number of carbonyl (C=O) groups is 1. The van der Waals surface area contributed by atoms with Crippen LogP contribution in [0.15, 0.2) is 90.5 Å². The molecule has 0 spiro atoms. The van der Waals surface area contributed by atoms with Gasteiger partial charge in [-0.15, -0.1) is 0 Å². The predicted molar refractivity (Wildman–Crippen MR) is 93.5 cm³/mol. The molecule has 0 saturated heterocycles. The molecule has 1 nitrogen and oxygen atoms in total. The fourth-order valence-corrected chi connectivity index (χ4v) is 3.29. The van der Waals surface area contributed by atoms with Crippen LogP contribution in [0, 0.1) is 0 Å². The van der Waals surface area contributed by atoms with Gasteiger partial charge in [-0.05, 0) is 22.8 Å². The summed E-state index contributed by atoms with van der Waals surface area (Å²) >= 11 is 0. The monoisotopic (exact) mass is 296 g/mol. The molecule has 110 valence electrons. The van der Waals surface area contributed by atoms with Gasteiger partial charge in [-0.2, -0.15) is 0 Å². The van der Waals surface area contributed by atoms with Crippen molar-refractivity contribution in [2.75, 3.05) is 0 Å². The van der Waals surface area contributed by atoms with Crippen LogP contribution in [0.5, 0.6) is 0 Å². The van der Waals surface area contributed by atoms with E-state index in [1.54, 1.807) is 0 Å². The molecule has 0 radical (unpaired) electrons. The minimum absolute atomic E-state index is 0.0140. The van der Waals surface area contributed by atoms with Gasteiger partial charge in [0.2, 0.25) is 0 Å². The summed E-state index contributed by atoms with van der Waals surface area (Å²) in [6.07, 6.45) is 2.03. The average molecular weight is 296 g/mol. The number of benzene rings is 3. The first-order chi connectivity index (χ1) is 11.3. The Morgan fingerprint density at radius 1 is 0.696 bits per heavy atom. The van der Waals surface area contributed by atoms with Crippen LogP contribution >= 0.6 is 0 Å². The lowest BCUT2D eigenvalue weighted by Gasteiger charge is -2.13. The highest BCUT2D eigenvalue weighted by Gasteiger charge is 2.34. The number of rotatable bonds is 2. The molecule has 0 aliphatic heterocycles. The van der Waals surface area contributed by atoms with Gasteiger partial charge in [-0.3, -0.25) is 4.79 Å². The lowest BCUT2D eigenvalue weighted by Crippen LogP contribution is -2.02. The zero-order valence-corrected chi connectivity index (χ0v) is 12.6.